The van der Waals surface area contributed by atoms with Gasteiger partial charge in [0.1, 0.15) is 28.7 Å². The normalized spacial score (nSPS) is 17.1. The van der Waals surface area contributed by atoms with E-state index in [1.165, 1.54) is 0 Å². The van der Waals surface area contributed by atoms with Gasteiger partial charge < -0.3 is 18.9 Å². The third-order valence-electron chi connectivity index (χ3n) is 8.17. The molecule has 4 aromatic carbocycles. The van der Waals surface area contributed by atoms with Crippen LogP contribution in [0, 0.1) is 0 Å². The van der Waals surface area contributed by atoms with E-state index in [4.69, 9.17) is 38.9 Å². The molecule has 5 aliphatic heterocycles. The first-order valence-electron chi connectivity index (χ1n) is 16.7. The van der Waals surface area contributed by atoms with Gasteiger partial charge in [-0.1, -0.05) is 72.8 Å². The van der Waals surface area contributed by atoms with E-state index in [9.17, 15) is 0 Å². The lowest BCUT2D eigenvalue weighted by Gasteiger charge is -2.17. The maximum atomic E-state index is 6.79. The van der Waals surface area contributed by atoms with E-state index in [2.05, 4.69) is 0 Å². The van der Waals surface area contributed by atoms with Crippen LogP contribution in [0.3, 0.4) is 0 Å². The highest BCUT2D eigenvalue weighted by atomic mass is 16.5. The molecule has 52 heavy (non-hydrogen) atoms. The van der Waals surface area contributed by atoms with Crippen LogP contribution in [0.2, 0.25) is 0 Å². The first kappa shape index (κ1) is 30.7. The maximum absolute atomic E-state index is 6.79. The van der Waals surface area contributed by atoms with Crippen molar-refractivity contribution in [2.45, 2.75) is 0 Å². The van der Waals surface area contributed by atoms with E-state index >= 15 is 0 Å². The topological polar surface area (TPSA) is 86.4 Å². The molecule has 8 bridgehead atoms. The molecule has 0 unspecified atom stereocenters. The van der Waals surface area contributed by atoms with Gasteiger partial charge >= 0.3 is 0 Å². The lowest BCUT2D eigenvalue weighted by atomic mass is 10.1. The second-order valence-corrected chi connectivity index (χ2v) is 11.9. The van der Waals surface area contributed by atoms with Crippen molar-refractivity contribution in [3.63, 3.8) is 0 Å². The van der Waals surface area contributed by atoms with Gasteiger partial charge in [-0.3, -0.25) is 0 Å². The standard InChI is InChI=1S/C44H28N4O4/c1-5-13-34(14-6-1)49-39-28-33-26-31-22-21-29(45-31)25-30-23-24-32(46-30)27-38-42(50-35-15-7-2-8-16-35)44(52-37-19-11-4-12-20-37)41(48-38)43(40(39)47-33)51-36-17-9-3-10-18-36/h1-28H. The van der Waals surface area contributed by atoms with Gasteiger partial charge in [-0.15, -0.1) is 0 Å². The summed E-state index contributed by atoms with van der Waals surface area (Å²) in [6.07, 6.45) is 15.3. The molecule has 0 N–H and O–H groups in total. The summed E-state index contributed by atoms with van der Waals surface area (Å²) in [4.78, 5) is 20.0. The highest BCUT2D eigenvalue weighted by Gasteiger charge is 2.36. The van der Waals surface area contributed by atoms with Gasteiger partial charge in [0.15, 0.2) is 28.7 Å². The fraction of sp³-hybridized carbons (Fsp3) is 0. The monoisotopic (exact) mass is 676 g/mol. The average Bonchev–Trinajstić information content (AvgIpc) is 3.98. The number of nitrogens with zero attached hydrogens (tertiary/aromatic N) is 4. The fourth-order valence-corrected chi connectivity index (χ4v) is 5.82. The van der Waals surface area contributed by atoms with Crippen LogP contribution >= 0.6 is 0 Å². The van der Waals surface area contributed by atoms with Crippen molar-refractivity contribution < 1.29 is 18.9 Å². The molecule has 0 aliphatic carbocycles. The lowest BCUT2D eigenvalue weighted by molar-refractivity contribution is 0.370. The van der Waals surface area contributed by atoms with Crippen LogP contribution in [-0.4, -0.2) is 22.8 Å². The van der Waals surface area contributed by atoms with Gasteiger partial charge in [0.2, 0.25) is 5.76 Å². The number of allylic oxidation sites excluding steroid dienone is 8. The summed E-state index contributed by atoms with van der Waals surface area (Å²) in [6, 6.07) is 38.0. The molecule has 0 aromatic heterocycles. The number of hydrogen-bond acceptors (Lipinski definition) is 8. The zero-order valence-corrected chi connectivity index (χ0v) is 27.6. The van der Waals surface area contributed by atoms with Gasteiger partial charge in [-0.25, -0.2) is 20.0 Å². The predicted octanol–water partition coefficient (Wildman–Crippen LogP) is 9.21. The van der Waals surface area contributed by atoms with Crippen molar-refractivity contribution >= 4 is 22.8 Å². The number of fused-ring (bicyclic) bond motifs is 4. The Labute approximate surface area is 299 Å². The lowest BCUT2D eigenvalue weighted by Crippen LogP contribution is -2.18. The van der Waals surface area contributed by atoms with Crippen molar-refractivity contribution in [1.82, 2.24) is 0 Å². The second kappa shape index (κ2) is 13.5. The summed E-state index contributed by atoms with van der Waals surface area (Å²) in [5.41, 5.74) is 4.80. The number of para-hydroxylation sites is 4. The van der Waals surface area contributed by atoms with Gasteiger partial charge in [0, 0.05) is 6.08 Å². The van der Waals surface area contributed by atoms with Crippen LogP contribution in [0.4, 0.5) is 0 Å². The molecule has 5 heterocycles. The summed E-state index contributed by atoms with van der Waals surface area (Å²) in [7, 11) is 0. The highest BCUT2D eigenvalue weighted by Crippen LogP contribution is 2.37. The van der Waals surface area contributed by atoms with E-state index < -0.39 is 0 Å². The zero-order valence-electron chi connectivity index (χ0n) is 27.6. The average molecular weight is 677 g/mol. The molecule has 0 fully saturated rings. The van der Waals surface area contributed by atoms with Crippen LogP contribution < -0.4 is 18.9 Å². The summed E-state index contributed by atoms with van der Waals surface area (Å²) in [5, 5.41) is 0. The molecule has 8 heteroatoms. The fourth-order valence-electron chi connectivity index (χ4n) is 5.82. The molecule has 5 aliphatic rings. The Morgan fingerprint density at radius 3 is 1.37 bits per heavy atom. The number of ether oxygens (including phenoxy) is 4. The van der Waals surface area contributed by atoms with Gasteiger partial charge in [0.25, 0.3) is 0 Å². The van der Waals surface area contributed by atoms with Crippen molar-refractivity contribution in [2.24, 2.45) is 20.0 Å². The second-order valence-electron chi connectivity index (χ2n) is 11.9. The number of benzene rings is 4. The molecule has 0 atom stereocenters. The molecule has 0 spiro atoms. The van der Waals surface area contributed by atoms with Crippen LogP contribution in [0.25, 0.3) is 0 Å². The summed E-state index contributed by atoms with van der Waals surface area (Å²) in [5.74, 6) is 3.84. The van der Waals surface area contributed by atoms with Gasteiger partial charge in [-0.05, 0) is 91.1 Å². The molecule has 8 nitrogen and oxygen atoms in total. The number of aliphatic imine (C=N–C) groups is 4. The molecule has 248 valence electrons. The maximum Gasteiger partial charge on any atom is 0.201 e. The van der Waals surface area contributed by atoms with Crippen LogP contribution in [0.15, 0.2) is 236 Å². The Hall–Kier alpha value is -7.32. The molecule has 4 aromatic rings. The summed E-state index contributed by atoms with van der Waals surface area (Å²) >= 11 is 0. The summed E-state index contributed by atoms with van der Waals surface area (Å²) < 4.78 is 26.7. The van der Waals surface area contributed by atoms with Gasteiger partial charge in [-0.2, -0.15) is 0 Å². The molecule has 0 radical (unpaired) electrons. The minimum Gasteiger partial charge on any atom is -0.455 e. The minimum absolute atomic E-state index is 0.299. The van der Waals surface area contributed by atoms with E-state index in [1.807, 2.05) is 170 Å². The molecule has 0 amide bonds. The van der Waals surface area contributed by atoms with E-state index in [0.717, 1.165) is 17.1 Å². The van der Waals surface area contributed by atoms with Crippen molar-refractivity contribution in [3.05, 3.63) is 216 Å². The van der Waals surface area contributed by atoms with Crippen LogP contribution in [0.5, 0.6) is 23.0 Å². The molecule has 9 rings (SSSR count). The Morgan fingerprint density at radius 2 is 0.808 bits per heavy atom. The van der Waals surface area contributed by atoms with E-state index in [1.54, 1.807) is 0 Å². The van der Waals surface area contributed by atoms with Crippen LogP contribution in [-0.2, 0) is 0 Å². The zero-order chi connectivity index (χ0) is 34.7. The first-order valence-corrected chi connectivity index (χ1v) is 16.7. The van der Waals surface area contributed by atoms with Crippen molar-refractivity contribution in [2.75, 3.05) is 0 Å². The first-order chi connectivity index (χ1) is 25.7. The molecule has 0 saturated heterocycles. The largest absolute Gasteiger partial charge is 0.455 e. The van der Waals surface area contributed by atoms with E-state index in [0.29, 0.717) is 74.5 Å². The van der Waals surface area contributed by atoms with Gasteiger partial charge in [0.05, 0.1) is 28.5 Å². The smallest absolute Gasteiger partial charge is 0.201 e. The Morgan fingerprint density at radius 1 is 0.346 bits per heavy atom. The third kappa shape index (κ3) is 6.51. The Bertz CT molecular complexity index is 2460. The minimum atomic E-state index is 0.299. The molecular formula is C44H28N4O4. The SMILES string of the molecule is C1=CC2=NC1=CC1=NC(=C(Oc3ccccc3)C3=NC(=CC4=NC(=C2)C=C4)C=C3Oc2ccccc2)C(Oc2ccccc2)=C1Oc1ccccc1. The van der Waals surface area contributed by atoms with Crippen molar-refractivity contribution in [3.8, 4) is 23.0 Å². The third-order valence-corrected chi connectivity index (χ3v) is 8.17. The van der Waals surface area contributed by atoms with Crippen molar-refractivity contribution in [1.29, 1.82) is 0 Å². The Kier molecular flexibility index (Phi) is 7.99. The van der Waals surface area contributed by atoms with E-state index in [-0.39, 0.29) is 0 Å². The Balaban J connectivity index is 1.32. The highest BCUT2D eigenvalue weighted by molar-refractivity contribution is 6.18. The summed E-state index contributed by atoms with van der Waals surface area (Å²) in [6.45, 7) is 0. The number of rotatable bonds is 8. The molecular weight excluding hydrogens is 649 g/mol. The molecule has 0 saturated carbocycles. The predicted molar refractivity (Wildman–Crippen MR) is 203 cm³/mol. The van der Waals surface area contributed by atoms with Crippen LogP contribution in [0.1, 0.15) is 0 Å². The number of hydrogen-bond donors (Lipinski definition) is 0. The quantitative estimate of drug-likeness (QED) is 0.186.